The first-order valence-electron chi connectivity index (χ1n) is 7.79. The van der Waals surface area contributed by atoms with Crippen LogP contribution in [0.3, 0.4) is 0 Å². The molecule has 3 aromatic carbocycles. The molecule has 1 atom stereocenters. The Balaban J connectivity index is 1.88. The Morgan fingerprint density at radius 2 is 0.960 bits per heavy atom. The number of benzene rings is 3. The Kier molecular flexibility index (Phi) is 2.85. The smallest absolute Gasteiger partial charge is 0.330 e. The van der Waals surface area contributed by atoms with Crippen molar-refractivity contribution in [1.82, 2.24) is 0 Å². The Morgan fingerprint density at radius 3 is 1.64 bits per heavy atom. The van der Waals surface area contributed by atoms with Gasteiger partial charge in [0.25, 0.3) is 0 Å². The molecule has 0 amide bonds. The van der Waals surface area contributed by atoms with Crippen LogP contribution >= 0.6 is 10.6 Å². The molecule has 0 saturated heterocycles. The molecule has 3 aromatic rings. The molecular formula is C20H12O4S. The molecule has 25 heavy (non-hydrogen) atoms. The molecule has 2 heterocycles. The SMILES string of the molecule is O=C1OS2(OC(=O)c3ccccc32)c2ccccc2-c2ccccc21. The van der Waals surface area contributed by atoms with Crippen LogP contribution in [-0.4, -0.2) is 11.9 Å². The number of rotatable bonds is 0. The van der Waals surface area contributed by atoms with E-state index in [1.807, 2.05) is 42.5 Å². The zero-order chi connectivity index (χ0) is 17.0. The van der Waals surface area contributed by atoms with Crippen LogP contribution in [0.5, 0.6) is 0 Å². The van der Waals surface area contributed by atoms with Gasteiger partial charge >= 0.3 is 11.9 Å². The first kappa shape index (κ1) is 14.3. The molecular weight excluding hydrogens is 336 g/mol. The second-order valence-electron chi connectivity index (χ2n) is 5.78. The molecule has 5 rings (SSSR count). The van der Waals surface area contributed by atoms with Crippen molar-refractivity contribution in [2.75, 3.05) is 0 Å². The molecule has 0 bridgehead atoms. The summed E-state index contributed by atoms with van der Waals surface area (Å²) >= 11 is 0. The van der Waals surface area contributed by atoms with E-state index < -0.39 is 22.5 Å². The molecule has 0 aromatic heterocycles. The molecule has 2 aliphatic rings. The first-order chi connectivity index (χ1) is 12.2. The van der Waals surface area contributed by atoms with Crippen LogP contribution in [0.2, 0.25) is 0 Å². The van der Waals surface area contributed by atoms with Crippen molar-refractivity contribution >= 4 is 22.5 Å². The number of hydrogen-bond acceptors (Lipinski definition) is 4. The Labute approximate surface area is 145 Å². The van der Waals surface area contributed by atoms with Crippen molar-refractivity contribution < 1.29 is 18.0 Å². The highest BCUT2D eigenvalue weighted by atomic mass is 32.3. The zero-order valence-corrected chi connectivity index (χ0v) is 13.8. The lowest BCUT2D eigenvalue weighted by Gasteiger charge is -2.37. The molecule has 0 N–H and O–H groups in total. The standard InChI is InChI=1S/C20H12O4S/c21-19-15-9-2-1-7-13(15)14-8-3-5-11-17(14)25(23-19)18-12-6-4-10-16(18)20(22)24-25/h1-12H. The maximum absolute atomic E-state index is 12.9. The number of carbonyl (C=O) groups excluding carboxylic acids is 2. The maximum Gasteiger partial charge on any atom is 0.363 e. The van der Waals surface area contributed by atoms with E-state index >= 15 is 0 Å². The van der Waals surface area contributed by atoms with Crippen molar-refractivity contribution in [1.29, 1.82) is 0 Å². The summed E-state index contributed by atoms with van der Waals surface area (Å²) in [5, 5.41) is 0. The summed E-state index contributed by atoms with van der Waals surface area (Å²) in [6.07, 6.45) is 0. The van der Waals surface area contributed by atoms with E-state index in [2.05, 4.69) is 0 Å². The van der Waals surface area contributed by atoms with Gasteiger partial charge in [-0.2, -0.15) is 0 Å². The van der Waals surface area contributed by atoms with Crippen LogP contribution in [0.4, 0.5) is 0 Å². The molecule has 0 saturated carbocycles. The van der Waals surface area contributed by atoms with Gasteiger partial charge < -0.3 is 8.37 Å². The average Bonchev–Trinajstić information content (AvgIpc) is 2.89. The topological polar surface area (TPSA) is 52.6 Å². The van der Waals surface area contributed by atoms with Gasteiger partial charge in [-0.3, -0.25) is 0 Å². The molecule has 122 valence electrons. The van der Waals surface area contributed by atoms with Gasteiger partial charge in [0.05, 0.1) is 16.0 Å². The highest BCUT2D eigenvalue weighted by Crippen LogP contribution is 2.71. The first-order valence-corrected chi connectivity index (χ1v) is 9.27. The predicted molar refractivity (Wildman–Crippen MR) is 93.3 cm³/mol. The fraction of sp³-hybridized carbons (Fsp3) is 0. The minimum atomic E-state index is -2.68. The Bertz CT molecular complexity index is 1060. The van der Waals surface area contributed by atoms with Gasteiger partial charge in [-0.15, -0.1) is 0 Å². The molecule has 0 aliphatic carbocycles. The van der Waals surface area contributed by atoms with Crippen LogP contribution in [0.25, 0.3) is 11.1 Å². The van der Waals surface area contributed by atoms with Gasteiger partial charge in [0, 0.05) is 5.56 Å². The molecule has 1 spiro atoms. The van der Waals surface area contributed by atoms with Crippen molar-refractivity contribution in [3.05, 3.63) is 83.9 Å². The van der Waals surface area contributed by atoms with Crippen LogP contribution < -0.4 is 0 Å². The normalized spacial score (nSPS) is 22.7. The monoisotopic (exact) mass is 348 g/mol. The lowest BCUT2D eigenvalue weighted by atomic mass is 10.00. The summed E-state index contributed by atoms with van der Waals surface area (Å²) in [7, 11) is -2.68. The highest BCUT2D eigenvalue weighted by Gasteiger charge is 2.46. The highest BCUT2D eigenvalue weighted by molar-refractivity contribution is 8.27. The van der Waals surface area contributed by atoms with Crippen LogP contribution in [0, 0.1) is 0 Å². The lowest BCUT2D eigenvalue weighted by molar-refractivity contribution is 0.0695. The van der Waals surface area contributed by atoms with E-state index in [1.165, 1.54) is 0 Å². The summed E-state index contributed by atoms with van der Waals surface area (Å²) in [6.45, 7) is 0. The third-order valence-electron chi connectivity index (χ3n) is 4.40. The van der Waals surface area contributed by atoms with Gasteiger partial charge in [-0.25, -0.2) is 9.59 Å². The van der Waals surface area contributed by atoms with Crippen LogP contribution in [-0.2, 0) is 8.37 Å². The van der Waals surface area contributed by atoms with Crippen molar-refractivity contribution in [2.45, 2.75) is 9.79 Å². The Hall–Kier alpha value is -3.05. The minimum Gasteiger partial charge on any atom is -0.330 e. The van der Waals surface area contributed by atoms with E-state index in [0.717, 1.165) is 16.0 Å². The molecule has 0 fully saturated rings. The summed E-state index contributed by atoms with van der Waals surface area (Å²) in [5.41, 5.74) is 2.56. The quantitative estimate of drug-likeness (QED) is 0.588. The molecule has 1 unspecified atom stereocenters. The number of hydrogen-bond donors (Lipinski definition) is 0. The van der Waals surface area contributed by atoms with Crippen molar-refractivity contribution in [2.24, 2.45) is 0 Å². The zero-order valence-electron chi connectivity index (χ0n) is 13.0. The van der Waals surface area contributed by atoms with Gasteiger partial charge in [-0.05, 0) is 29.8 Å². The van der Waals surface area contributed by atoms with Crippen LogP contribution in [0.15, 0.2) is 82.6 Å². The van der Waals surface area contributed by atoms with Crippen molar-refractivity contribution in [3.63, 3.8) is 0 Å². The van der Waals surface area contributed by atoms with E-state index in [0.29, 0.717) is 16.0 Å². The fourth-order valence-corrected chi connectivity index (χ4v) is 5.97. The summed E-state index contributed by atoms with van der Waals surface area (Å²) in [5.74, 6) is -0.939. The second kappa shape index (κ2) is 4.97. The average molecular weight is 348 g/mol. The van der Waals surface area contributed by atoms with E-state index in [1.54, 1.807) is 30.3 Å². The Morgan fingerprint density at radius 1 is 0.520 bits per heavy atom. The minimum absolute atomic E-state index is 0.450. The fourth-order valence-electron chi connectivity index (χ4n) is 3.31. The van der Waals surface area contributed by atoms with Crippen molar-refractivity contribution in [3.8, 4) is 11.1 Å². The molecule has 2 aliphatic heterocycles. The molecule has 4 nitrogen and oxygen atoms in total. The van der Waals surface area contributed by atoms with Gasteiger partial charge in [0.15, 0.2) is 0 Å². The third-order valence-corrected chi connectivity index (χ3v) is 7.04. The molecule has 0 radical (unpaired) electrons. The predicted octanol–water partition coefficient (Wildman–Crippen LogP) is 4.75. The number of fused-ring (bicyclic) bond motifs is 6. The van der Waals surface area contributed by atoms with E-state index in [9.17, 15) is 9.59 Å². The largest absolute Gasteiger partial charge is 0.363 e. The summed E-state index contributed by atoms with van der Waals surface area (Å²) in [6, 6.07) is 22.0. The van der Waals surface area contributed by atoms with E-state index in [-0.39, 0.29) is 0 Å². The maximum atomic E-state index is 12.9. The van der Waals surface area contributed by atoms with Gasteiger partial charge in [-0.1, -0.05) is 59.1 Å². The van der Waals surface area contributed by atoms with Gasteiger partial charge in [0.1, 0.15) is 4.90 Å². The second-order valence-corrected chi connectivity index (χ2v) is 8.00. The third kappa shape index (κ3) is 1.84. The number of carbonyl (C=O) groups is 2. The lowest BCUT2D eigenvalue weighted by Crippen LogP contribution is -2.11. The molecule has 5 heteroatoms. The van der Waals surface area contributed by atoms with Gasteiger partial charge in [0.2, 0.25) is 0 Å². The van der Waals surface area contributed by atoms with E-state index in [4.69, 9.17) is 8.37 Å². The van der Waals surface area contributed by atoms with Crippen LogP contribution in [0.1, 0.15) is 20.7 Å². The summed E-state index contributed by atoms with van der Waals surface area (Å²) < 4.78 is 11.7. The summed E-state index contributed by atoms with van der Waals surface area (Å²) in [4.78, 5) is 26.7.